The number of carbonyl (C=O) groups is 2. The first-order valence-corrected chi connectivity index (χ1v) is 4.39. The molecule has 0 aromatic heterocycles. The average molecular weight is 218 g/mol. The number of rotatable bonds is 2. The Morgan fingerprint density at radius 2 is 1.33 bits per heavy atom. The van der Waals surface area contributed by atoms with E-state index < -0.39 is 41.5 Å². The highest BCUT2D eigenvalue weighted by Gasteiger charge is 2.67. The molecule has 6 heteroatoms. The second kappa shape index (κ2) is 2.77. The summed E-state index contributed by atoms with van der Waals surface area (Å²) in [5, 5.41) is 17.5. The fourth-order valence-corrected chi connectivity index (χ4v) is 2.50. The van der Waals surface area contributed by atoms with Crippen LogP contribution in [0.15, 0.2) is 12.2 Å². The molecule has 0 radical (unpaired) electrons. The number of carboxylic acids is 2. The zero-order chi connectivity index (χ0) is 11.4. The van der Waals surface area contributed by atoms with Crippen LogP contribution in [0, 0.1) is 23.7 Å². The normalized spacial score (nSPS) is 40.7. The minimum Gasteiger partial charge on any atom is -0.481 e. The number of hydrogen-bond donors (Lipinski definition) is 2. The van der Waals surface area contributed by atoms with Gasteiger partial charge >= 0.3 is 11.9 Å². The molecule has 0 saturated heterocycles. The second-order valence-electron chi connectivity index (χ2n) is 3.84. The van der Waals surface area contributed by atoms with Crippen molar-refractivity contribution < 1.29 is 28.6 Å². The van der Waals surface area contributed by atoms with Gasteiger partial charge in [0.05, 0.1) is 23.7 Å². The summed E-state index contributed by atoms with van der Waals surface area (Å²) in [6, 6.07) is 0. The smallest absolute Gasteiger partial charge is 0.308 e. The van der Waals surface area contributed by atoms with Crippen molar-refractivity contribution in [3.63, 3.8) is 0 Å². The molecule has 0 aromatic carbocycles. The van der Waals surface area contributed by atoms with E-state index >= 15 is 0 Å². The number of halogens is 2. The van der Waals surface area contributed by atoms with Crippen LogP contribution in [-0.2, 0) is 9.59 Å². The minimum atomic E-state index is -3.24. The van der Waals surface area contributed by atoms with Crippen LogP contribution in [0.3, 0.4) is 0 Å². The molecule has 0 amide bonds. The zero-order valence-corrected chi connectivity index (χ0v) is 7.43. The zero-order valence-electron chi connectivity index (χ0n) is 7.43. The molecule has 2 unspecified atom stereocenters. The molecule has 2 N–H and O–H groups in total. The second-order valence-corrected chi connectivity index (χ2v) is 3.84. The highest BCUT2D eigenvalue weighted by atomic mass is 19.3. The summed E-state index contributed by atoms with van der Waals surface area (Å²) in [5.41, 5.74) is 0. The van der Waals surface area contributed by atoms with Crippen molar-refractivity contribution >= 4 is 11.9 Å². The number of allylic oxidation sites excluding steroid dienone is 2. The number of aliphatic carboxylic acids is 2. The predicted octanol–water partition coefficient (Wildman–Crippen LogP) is 0.839. The number of alkyl halides is 2. The van der Waals surface area contributed by atoms with Gasteiger partial charge in [0.2, 0.25) is 0 Å². The Kier molecular flexibility index (Phi) is 1.86. The SMILES string of the molecule is O=C(O)[C@@H]1C2C=CC([C@H]1C(=O)O)C2(F)F. The summed E-state index contributed by atoms with van der Waals surface area (Å²) in [7, 11) is 0. The summed E-state index contributed by atoms with van der Waals surface area (Å²) in [6.07, 6.45) is 2.23. The topological polar surface area (TPSA) is 74.6 Å². The lowest BCUT2D eigenvalue weighted by Crippen LogP contribution is -2.32. The molecule has 1 saturated carbocycles. The molecule has 0 heterocycles. The molecule has 1 fully saturated rings. The van der Waals surface area contributed by atoms with Gasteiger partial charge in [-0.15, -0.1) is 0 Å². The Morgan fingerprint density at radius 3 is 1.60 bits per heavy atom. The number of carboxylic acid groups (broad SMARTS) is 2. The van der Waals surface area contributed by atoms with Crippen LogP contribution in [0.1, 0.15) is 0 Å². The van der Waals surface area contributed by atoms with Crippen LogP contribution in [-0.4, -0.2) is 28.1 Å². The monoisotopic (exact) mass is 218 g/mol. The van der Waals surface area contributed by atoms with Crippen LogP contribution in [0.2, 0.25) is 0 Å². The fourth-order valence-electron chi connectivity index (χ4n) is 2.50. The Hall–Kier alpha value is -1.46. The summed E-state index contributed by atoms with van der Waals surface area (Å²) in [4.78, 5) is 21.5. The minimum absolute atomic E-state index is 1.11. The number of fused-ring (bicyclic) bond motifs is 2. The van der Waals surface area contributed by atoms with Crippen molar-refractivity contribution in [2.24, 2.45) is 23.7 Å². The Labute approximate surface area is 83.2 Å². The van der Waals surface area contributed by atoms with E-state index in [-0.39, 0.29) is 0 Å². The van der Waals surface area contributed by atoms with Crippen LogP contribution < -0.4 is 0 Å². The highest BCUT2D eigenvalue weighted by molar-refractivity contribution is 5.83. The first-order valence-electron chi connectivity index (χ1n) is 4.39. The summed E-state index contributed by atoms with van der Waals surface area (Å²) in [6.45, 7) is 0. The van der Waals surface area contributed by atoms with Crippen molar-refractivity contribution in [1.82, 2.24) is 0 Å². The maximum absolute atomic E-state index is 13.4. The standard InChI is InChI=1S/C9H8F2O4/c10-9(11)3-1-2-4(9)6(8(14)15)5(3)7(12)13/h1-6H,(H,12,13)(H,14,15)/t3?,4?,5-,6-/m1/s1. The quantitative estimate of drug-likeness (QED) is 0.673. The van der Waals surface area contributed by atoms with Crippen molar-refractivity contribution in [3.8, 4) is 0 Å². The predicted molar refractivity (Wildman–Crippen MR) is 43.3 cm³/mol. The lowest BCUT2D eigenvalue weighted by Gasteiger charge is -2.18. The van der Waals surface area contributed by atoms with Gasteiger partial charge in [0, 0.05) is 0 Å². The van der Waals surface area contributed by atoms with E-state index in [9.17, 15) is 18.4 Å². The van der Waals surface area contributed by atoms with E-state index in [0.29, 0.717) is 0 Å². The van der Waals surface area contributed by atoms with E-state index in [2.05, 4.69) is 0 Å². The third-order valence-corrected chi connectivity index (χ3v) is 3.15. The van der Waals surface area contributed by atoms with E-state index in [1.165, 1.54) is 0 Å². The number of hydrogen-bond acceptors (Lipinski definition) is 2. The first-order chi connectivity index (χ1) is 6.87. The summed E-state index contributed by atoms with van der Waals surface area (Å²) in [5.74, 6) is -12.2. The largest absolute Gasteiger partial charge is 0.481 e. The van der Waals surface area contributed by atoms with Gasteiger partial charge in [-0.05, 0) is 0 Å². The lowest BCUT2D eigenvalue weighted by atomic mass is 9.83. The van der Waals surface area contributed by atoms with E-state index in [4.69, 9.17) is 10.2 Å². The molecule has 82 valence electrons. The molecule has 0 aromatic rings. The highest BCUT2D eigenvalue weighted by Crippen LogP contribution is 2.57. The molecule has 4 nitrogen and oxygen atoms in total. The van der Waals surface area contributed by atoms with Gasteiger partial charge in [-0.1, -0.05) is 12.2 Å². The summed E-state index contributed by atoms with van der Waals surface area (Å²) >= 11 is 0. The third kappa shape index (κ3) is 1.10. The third-order valence-electron chi connectivity index (χ3n) is 3.15. The Morgan fingerprint density at radius 1 is 1.00 bits per heavy atom. The van der Waals surface area contributed by atoms with Crippen molar-refractivity contribution in [2.75, 3.05) is 0 Å². The molecule has 0 spiro atoms. The van der Waals surface area contributed by atoms with Crippen molar-refractivity contribution in [1.29, 1.82) is 0 Å². The van der Waals surface area contributed by atoms with E-state index in [1.54, 1.807) is 0 Å². The fraction of sp³-hybridized carbons (Fsp3) is 0.556. The van der Waals surface area contributed by atoms with Crippen molar-refractivity contribution in [2.45, 2.75) is 5.92 Å². The first kappa shape index (κ1) is 10.1. The maximum atomic E-state index is 13.4. The molecule has 0 aliphatic heterocycles. The van der Waals surface area contributed by atoms with E-state index in [0.717, 1.165) is 12.2 Å². The molecule has 4 atom stereocenters. The average Bonchev–Trinajstić information content (AvgIpc) is 2.52. The molecule has 2 aliphatic rings. The van der Waals surface area contributed by atoms with Crippen molar-refractivity contribution in [3.05, 3.63) is 12.2 Å². The van der Waals surface area contributed by atoms with Gasteiger partial charge in [0.1, 0.15) is 0 Å². The molecule has 2 rings (SSSR count). The molecular formula is C9H8F2O4. The van der Waals surface area contributed by atoms with Crippen LogP contribution in [0.4, 0.5) is 8.78 Å². The molecule has 2 bridgehead atoms. The van der Waals surface area contributed by atoms with Gasteiger partial charge in [-0.25, -0.2) is 8.78 Å². The van der Waals surface area contributed by atoms with E-state index in [1.807, 2.05) is 0 Å². The van der Waals surface area contributed by atoms with Gasteiger partial charge < -0.3 is 10.2 Å². The Balaban J connectivity index is 2.45. The van der Waals surface area contributed by atoms with Crippen LogP contribution in [0.25, 0.3) is 0 Å². The molecule has 2 aliphatic carbocycles. The molecular weight excluding hydrogens is 210 g/mol. The van der Waals surface area contributed by atoms with Crippen LogP contribution in [0.5, 0.6) is 0 Å². The maximum Gasteiger partial charge on any atom is 0.308 e. The van der Waals surface area contributed by atoms with Gasteiger partial charge in [0.25, 0.3) is 5.92 Å². The van der Waals surface area contributed by atoms with Gasteiger partial charge in [0.15, 0.2) is 0 Å². The van der Waals surface area contributed by atoms with Gasteiger partial charge in [-0.2, -0.15) is 0 Å². The lowest BCUT2D eigenvalue weighted by molar-refractivity contribution is -0.154. The van der Waals surface area contributed by atoms with Crippen LogP contribution >= 0.6 is 0 Å². The summed E-state index contributed by atoms with van der Waals surface area (Å²) < 4.78 is 26.9. The molecule has 15 heavy (non-hydrogen) atoms. The van der Waals surface area contributed by atoms with Gasteiger partial charge in [-0.3, -0.25) is 9.59 Å². The Bertz CT molecular complexity index is 331.